The van der Waals surface area contributed by atoms with Gasteiger partial charge in [0.15, 0.2) is 11.5 Å². The van der Waals surface area contributed by atoms with Crippen molar-refractivity contribution in [1.29, 1.82) is 0 Å². The van der Waals surface area contributed by atoms with Crippen LogP contribution in [0.4, 0.5) is 17.1 Å². The van der Waals surface area contributed by atoms with Crippen molar-refractivity contribution in [2.75, 3.05) is 31.9 Å². The van der Waals surface area contributed by atoms with E-state index in [0.717, 1.165) is 28.0 Å². The van der Waals surface area contributed by atoms with Crippen molar-refractivity contribution >= 4 is 33.9 Å². The molecule has 1 aromatic heterocycles. The molecule has 0 radical (unpaired) electrons. The highest BCUT2D eigenvalue weighted by Gasteiger charge is 2.26. The van der Waals surface area contributed by atoms with Gasteiger partial charge in [0, 0.05) is 41.3 Å². The predicted octanol–water partition coefficient (Wildman–Crippen LogP) is 6.09. The fourth-order valence-corrected chi connectivity index (χ4v) is 4.57. The second-order valence-electron chi connectivity index (χ2n) is 9.36. The number of benzene rings is 3. The summed E-state index contributed by atoms with van der Waals surface area (Å²) in [6.07, 6.45) is 1.75. The largest absolute Gasteiger partial charge is 0.493 e. The van der Waals surface area contributed by atoms with Crippen molar-refractivity contribution in [3.05, 3.63) is 84.6 Å². The number of pyridine rings is 1. The maximum absolute atomic E-state index is 13.2. The van der Waals surface area contributed by atoms with E-state index < -0.39 is 0 Å². The van der Waals surface area contributed by atoms with E-state index in [4.69, 9.17) is 9.47 Å². The maximum atomic E-state index is 13.2. The Morgan fingerprint density at radius 3 is 2.22 bits per heavy atom. The molecule has 7 heteroatoms. The number of nitrogens with one attached hydrogen (secondary N) is 2. The molecule has 0 bridgehead atoms. The zero-order valence-corrected chi connectivity index (χ0v) is 22.0. The van der Waals surface area contributed by atoms with E-state index in [1.165, 1.54) is 5.56 Å². The quantitative estimate of drug-likeness (QED) is 0.276. The highest BCUT2D eigenvalue weighted by molar-refractivity contribution is 5.96. The molecule has 0 aliphatic carbocycles. The van der Waals surface area contributed by atoms with Crippen LogP contribution in [0.1, 0.15) is 19.4 Å². The Morgan fingerprint density at radius 1 is 0.919 bits per heavy atom. The van der Waals surface area contributed by atoms with Gasteiger partial charge in [-0.2, -0.15) is 0 Å². The van der Waals surface area contributed by atoms with Gasteiger partial charge < -0.3 is 20.1 Å². The first kappa shape index (κ1) is 26.0. The van der Waals surface area contributed by atoms with E-state index in [-0.39, 0.29) is 17.9 Å². The molecular formula is C30H34N4O3. The number of rotatable bonds is 10. The molecule has 2 N–H and O–H groups in total. The van der Waals surface area contributed by atoms with Gasteiger partial charge in [-0.05, 0) is 54.9 Å². The number of amides is 1. The second-order valence-corrected chi connectivity index (χ2v) is 9.36. The van der Waals surface area contributed by atoms with Crippen LogP contribution in [0.15, 0.2) is 79.0 Å². The summed E-state index contributed by atoms with van der Waals surface area (Å²) in [5, 5.41) is 7.45. The van der Waals surface area contributed by atoms with E-state index in [1.54, 1.807) is 20.4 Å². The Balaban J connectivity index is 1.47. The van der Waals surface area contributed by atoms with E-state index in [1.807, 2.05) is 67.7 Å². The monoisotopic (exact) mass is 498 g/mol. The molecular weight excluding hydrogens is 464 g/mol. The van der Waals surface area contributed by atoms with E-state index in [0.29, 0.717) is 18.0 Å². The van der Waals surface area contributed by atoms with Crippen molar-refractivity contribution in [3.63, 3.8) is 0 Å². The highest BCUT2D eigenvalue weighted by atomic mass is 16.5. The number of nitrogens with zero attached hydrogens (tertiary/aromatic N) is 2. The fraction of sp³-hybridized carbons (Fsp3) is 0.267. The summed E-state index contributed by atoms with van der Waals surface area (Å²) < 4.78 is 10.9. The Labute approximate surface area is 218 Å². The summed E-state index contributed by atoms with van der Waals surface area (Å²) in [5.74, 6) is 1.41. The van der Waals surface area contributed by atoms with Crippen LogP contribution in [0.3, 0.4) is 0 Å². The number of carbonyl (C=O) groups is 1. The second kappa shape index (κ2) is 11.8. The highest BCUT2D eigenvalue weighted by Crippen LogP contribution is 2.35. The number of hydrogen-bond donors (Lipinski definition) is 2. The lowest BCUT2D eigenvalue weighted by molar-refractivity contribution is -0.122. The lowest BCUT2D eigenvalue weighted by atomic mass is 10.0. The lowest BCUT2D eigenvalue weighted by Gasteiger charge is -2.30. The van der Waals surface area contributed by atoms with Crippen LogP contribution in [0, 0.1) is 5.92 Å². The van der Waals surface area contributed by atoms with Gasteiger partial charge in [-0.15, -0.1) is 0 Å². The van der Waals surface area contributed by atoms with Crippen LogP contribution in [-0.4, -0.2) is 43.1 Å². The summed E-state index contributed by atoms with van der Waals surface area (Å²) in [6, 6.07) is 23.3. The average molecular weight is 499 g/mol. The Morgan fingerprint density at radius 2 is 1.57 bits per heavy atom. The molecule has 4 aromatic rings. The van der Waals surface area contributed by atoms with Crippen LogP contribution >= 0.6 is 0 Å². The fourth-order valence-electron chi connectivity index (χ4n) is 4.57. The lowest BCUT2D eigenvalue weighted by Crippen LogP contribution is -2.45. The van der Waals surface area contributed by atoms with Crippen molar-refractivity contribution in [2.45, 2.75) is 26.4 Å². The third kappa shape index (κ3) is 6.19. The molecule has 0 aliphatic heterocycles. The molecule has 0 fully saturated rings. The summed E-state index contributed by atoms with van der Waals surface area (Å²) in [5.41, 5.74) is 4.51. The zero-order valence-electron chi connectivity index (χ0n) is 22.0. The summed E-state index contributed by atoms with van der Waals surface area (Å²) in [6.45, 7) is 4.85. The number of anilines is 3. The van der Waals surface area contributed by atoms with Gasteiger partial charge in [0.05, 0.1) is 25.8 Å². The zero-order chi connectivity index (χ0) is 26.4. The summed E-state index contributed by atoms with van der Waals surface area (Å²) in [7, 11) is 5.22. The van der Waals surface area contributed by atoms with Gasteiger partial charge in [-0.3, -0.25) is 14.7 Å². The van der Waals surface area contributed by atoms with Gasteiger partial charge in [0.25, 0.3) is 0 Å². The first-order valence-electron chi connectivity index (χ1n) is 12.3. The molecule has 192 valence electrons. The van der Waals surface area contributed by atoms with Gasteiger partial charge in [0.1, 0.15) is 0 Å². The van der Waals surface area contributed by atoms with E-state index in [2.05, 4.69) is 46.5 Å². The number of carbonyl (C=O) groups excluding carboxylic acids is 1. The van der Waals surface area contributed by atoms with Gasteiger partial charge in [-0.1, -0.05) is 44.2 Å². The van der Waals surface area contributed by atoms with Crippen LogP contribution in [0.25, 0.3) is 10.9 Å². The third-order valence-electron chi connectivity index (χ3n) is 6.33. The number of methoxy groups -OCH3 is 2. The molecule has 1 unspecified atom stereocenters. The van der Waals surface area contributed by atoms with Crippen molar-refractivity contribution in [1.82, 2.24) is 9.88 Å². The van der Waals surface area contributed by atoms with Crippen LogP contribution in [0.5, 0.6) is 11.5 Å². The number of likely N-dealkylation sites (N-methyl/N-ethyl adjacent to an activating group) is 1. The van der Waals surface area contributed by atoms with Gasteiger partial charge in [0.2, 0.25) is 5.91 Å². The average Bonchev–Trinajstić information content (AvgIpc) is 2.89. The number of aromatic nitrogens is 1. The molecule has 0 saturated carbocycles. The first-order chi connectivity index (χ1) is 17.9. The Kier molecular flexibility index (Phi) is 8.25. The molecule has 1 amide bonds. The van der Waals surface area contributed by atoms with Crippen LogP contribution < -0.4 is 20.1 Å². The van der Waals surface area contributed by atoms with Crippen molar-refractivity contribution in [3.8, 4) is 11.5 Å². The topological polar surface area (TPSA) is 75.7 Å². The standard InChI is InChI=1S/C30H34N4O3/c1-20(2)29(34(3)19-21-9-7-6-8-10-21)30(35)33-23-13-11-22(12-14-23)32-25-15-16-31-26-18-28(37-5)27(36-4)17-24(25)26/h6-18,20,29H,19H2,1-5H3,(H,31,32)(H,33,35). The van der Waals surface area contributed by atoms with E-state index >= 15 is 0 Å². The number of ether oxygens (including phenoxy) is 2. The minimum atomic E-state index is -0.256. The third-order valence-corrected chi connectivity index (χ3v) is 6.33. The molecule has 7 nitrogen and oxygen atoms in total. The Hall–Kier alpha value is -4.10. The molecule has 0 aliphatic rings. The molecule has 4 rings (SSSR count). The minimum Gasteiger partial charge on any atom is -0.493 e. The van der Waals surface area contributed by atoms with Gasteiger partial charge >= 0.3 is 0 Å². The SMILES string of the molecule is COc1cc2nccc(Nc3ccc(NC(=O)C(C(C)C)N(C)Cc4ccccc4)cc3)c2cc1OC. The molecule has 1 atom stereocenters. The smallest absolute Gasteiger partial charge is 0.241 e. The number of hydrogen-bond acceptors (Lipinski definition) is 6. The molecule has 0 spiro atoms. The van der Waals surface area contributed by atoms with E-state index in [9.17, 15) is 4.79 Å². The molecule has 3 aromatic carbocycles. The van der Waals surface area contributed by atoms with Gasteiger partial charge in [-0.25, -0.2) is 0 Å². The minimum absolute atomic E-state index is 0.0182. The first-order valence-corrected chi connectivity index (χ1v) is 12.3. The summed E-state index contributed by atoms with van der Waals surface area (Å²) >= 11 is 0. The Bertz CT molecular complexity index is 1340. The molecule has 37 heavy (non-hydrogen) atoms. The molecule has 0 saturated heterocycles. The van der Waals surface area contributed by atoms with Crippen molar-refractivity contribution < 1.29 is 14.3 Å². The normalized spacial score (nSPS) is 12.0. The maximum Gasteiger partial charge on any atom is 0.241 e. The van der Waals surface area contributed by atoms with Crippen molar-refractivity contribution in [2.24, 2.45) is 5.92 Å². The van der Waals surface area contributed by atoms with Crippen LogP contribution in [-0.2, 0) is 11.3 Å². The predicted molar refractivity (Wildman–Crippen MR) is 150 cm³/mol. The van der Waals surface area contributed by atoms with Crippen LogP contribution in [0.2, 0.25) is 0 Å². The molecule has 1 heterocycles. The number of fused-ring (bicyclic) bond motifs is 1. The summed E-state index contributed by atoms with van der Waals surface area (Å²) in [4.78, 5) is 19.8.